The van der Waals surface area contributed by atoms with E-state index in [0.717, 1.165) is 12.8 Å². The first-order valence-electron chi connectivity index (χ1n) is 6.93. The zero-order chi connectivity index (χ0) is 14.4. The third-order valence-corrected chi connectivity index (χ3v) is 3.36. The number of nitrogens with zero attached hydrogens (tertiary/aromatic N) is 2. The van der Waals surface area contributed by atoms with E-state index < -0.39 is 0 Å². The average Bonchev–Trinajstić information content (AvgIpc) is 2.49. The predicted molar refractivity (Wildman–Crippen MR) is 77.6 cm³/mol. The van der Waals surface area contributed by atoms with Crippen LogP contribution in [0.4, 0.5) is 4.79 Å². The Bertz CT molecular complexity index is 508. The lowest BCUT2D eigenvalue weighted by Gasteiger charge is -2.32. The molecule has 0 unspecified atom stereocenters. The van der Waals surface area contributed by atoms with Gasteiger partial charge in [-0.1, -0.05) is 12.1 Å². The maximum Gasteiger partial charge on any atom is 0.317 e. The minimum atomic E-state index is -0.0108. The van der Waals surface area contributed by atoms with Gasteiger partial charge in [0.15, 0.2) is 0 Å². The molecule has 0 atom stereocenters. The summed E-state index contributed by atoms with van der Waals surface area (Å²) >= 11 is 0. The fourth-order valence-electron chi connectivity index (χ4n) is 2.28. The largest absolute Gasteiger partial charge is 0.489 e. The summed E-state index contributed by atoms with van der Waals surface area (Å²) in [6, 6.07) is 9.37. The quantitative estimate of drug-likeness (QED) is 0.921. The molecule has 5 heteroatoms. The van der Waals surface area contributed by atoms with Gasteiger partial charge in [0.1, 0.15) is 17.9 Å². The van der Waals surface area contributed by atoms with Crippen LogP contribution in [0.2, 0.25) is 0 Å². The Morgan fingerprint density at radius 1 is 1.50 bits per heavy atom. The van der Waals surface area contributed by atoms with Crippen molar-refractivity contribution in [1.82, 2.24) is 10.2 Å². The van der Waals surface area contributed by atoms with Gasteiger partial charge < -0.3 is 15.0 Å². The molecule has 0 saturated carbocycles. The van der Waals surface area contributed by atoms with Crippen LogP contribution in [0.5, 0.6) is 5.75 Å². The Kier molecular flexibility index (Phi) is 4.83. The molecule has 20 heavy (non-hydrogen) atoms. The second-order valence-corrected chi connectivity index (χ2v) is 4.75. The molecule has 1 N–H and O–H groups in total. The van der Waals surface area contributed by atoms with E-state index in [1.807, 2.05) is 25.1 Å². The topological polar surface area (TPSA) is 65.4 Å². The highest BCUT2D eigenvalue weighted by atomic mass is 16.5. The van der Waals surface area contributed by atoms with Crippen LogP contribution in [0, 0.1) is 11.3 Å². The molecule has 1 heterocycles. The third-order valence-electron chi connectivity index (χ3n) is 3.36. The molecule has 0 aliphatic carbocycles. The zero-order valence-electron chi connectivity index (χ0n) is 11.6. The number of ether oxygens (including phenoxy) is 1. The van der Waals surface area contributed by atoms with Crippen molar-refractivity contribution in [2.24, 2.45) is 0 Å². The summed E-state index contributed by atoms with van der Waals surface area (Å²) in [6.45, 7) is 3.92. The van der Waals surface area contributed by atoms with Gasteiger partial charge in [-0.25, -0.2) is 4.79 Å². The minimum absolute atomic E-state index is 0. The van der Waals surface area contributed by atoms with E-state index in [2.05, 4.69) is 11.4 Å². The lowest BCUT2D eigenvalue weighted by atomic mass is 10.1. The van der Waals surface area contributed by atoms with Crippen LogP contribution in [-0.4, -0.2) is 36.7 Å². The molecule has 0 bridgehead atoms. The van der Waals surface area contributed by atoms with Gasteiger partial charge in [-0.15, -0.1) is 0 Å². The molecule has 1 aromatic carbocycles. The minimum Gasteiger partial charge on any atom is -0.489 e. The van der Waals surface area contributed by atoms with Crippen molar-refractivity contribution in [3.63, 3.8) is 0 Å². The Hall–Kier alpha value is -2.22. The van der Waals surface area contributed by atoms with Crippen LogP contribution in [0.1, 0.15) is 26.8 Å². The number of carbonyl (C=O) groups excluding carboxylic acids is 1. The highest BCUT2D eigenvalue weighted by Gasteiger charge is 2.24. The van der Waals surface area contributed by atoms with Gasteiger partial charge in [0, 0.05) is 33.9 Å². The van der Waals surface area contributed by atoms with Crippen LogP contribution < -0.4 is 10.1 Å². The van der Waals surface area contributed by atoms with Gasteiger partial charge in [0.25, 0.3) is 0 Å². The molecule has 0 aromatic heterocycles. The Balaban J connectivity index is 0.00000220. The summed E-state index contributed by atoms with van der Waals surface area (Å²) in [4.78, 5) is 13.5. The first kappa shape index (κ1) is 14.2. The monoisotopic (exact) mass is 275 g/mol. The summed E-state index contributed by atoms with van der Waals surface area (Å²) in [6.07, 6.45) is 1.64. The summed E-state index contributed by atoms with van der Waals surface area (Å²) in [5.74, 6) is 0.631. The molecule has 1 aliphatic heterocycles. The number of amides is 2. The van der Waals surface area contributed by atoms with Crippen LogP contribution in [0.3, 0.4) is 0 Å². The smallest absolute Gasteiger partial charge is 0.317 e. The van der Waals surface area contributed by atoms with Crippen molar-refractivity contribution >= 4 is 6.03 Å². The van der Waals surface area contributed by atoms with E-state index in [1.165, 1.54) is 0 Å². The predicted octanol–water partition coefficient (Wildman–Crippen LogP) is 2.38. The Morgan fingerprint density at radius 3 is 2.85 bits per heavy atom. The van der Waals surface area contributed by atoms with E-state index in [-0.39, 0.29) is 13.6 Å². The fourth-order valence-corrected chi connectivity index (χ4v) is 2.28. The number of urea groups is 1. The standard InChI is InChI=1S/C15H19N3O2.H2/c1-2-17-15(19)18-9-7-13(8-10-18)20-14-6-4-3-5-12(14)11-16;/h3-6,13H,2,7-10H2,1H3,(H,17,19);1H. The summed E-state index contributed by atoms with van der Waals surface area (Å²) in [7, 11) is 0. The van der Waals surface area contributed by atoms with E-state index in [9.17, 15) is 4.79 Å². The second kappa shape index (κ2) is 6.80. The number of carbonyl (C=O) groups is 1. The molecule has 2 amide bonds. The van der Waals surface area contributed by atoms with E-state index in [4.69, 9.17) is 10.00 Å². The summed E-state index contributed by atoms with van der Waals surface area (Å²) < 4.78 is 5.88. The molecular formula is C15H21N3O2. The molecule has 108 valence electrons. The molecule has 1 aromatic rings. The van der Waals surface area contributed by atoms with Gasteiger partial charge in [-0.05, 0) is 19.1 Å². The molecule has 0 spiro atoms. The molecule has 0 radical (unpaired) electrons. The Morgan fingerprint density at radius 2 is 2.20 bits per heavy atom. The highest BCUT2D eigenvalue weighted by molar-refractivity contribution is 5.74. The number of nitrogens with one attached hydrogen (secondary N) is 1. The fraction of sp³-hybridized carbons (Fsp3) is 0.467. The van der Waals surface area contributed by atoms with Crippen LogP contribution in [0.25, 0.3) is 0 Å². The SMILES string of the molecule is CCNC(=O)N1CCC(Oc2ccccc2C#N)CC1.[HH]. The van der Waals surface area contributed by atoms with E-state index >= 15 is 0 Å². The average molecular weight is 275 g/mol. The van der Waals surface area contributed by atoms with Crippen molar-refractivity contribution in [3.8, 4) is 11.8 Å². The number of likely N-dealkylation sites (tertiary alicyclic amines) is 1. The van der Waals surface area contributed by atoms with E-state index in [1.54, 1.807) is 11.0 Å². The number of hydrogen-bond acceptors (Lipinski definition) is 3. The van der Waals surface area contributed by atoms with E-state index in [0.29, 0.717) is 30.9 Å². The highest BCUT2D eigenvalue weighted by Crippen LogP contribution is 2.22. The third kappa shape index (κ3) is 3.41. The van der Waals surface area contributed by atoms with Gasteiger partial charge in [0.05, 0.1) is 5.56 Å². The van der Waals surface area contributed by atoms with Gasteiger partial charge >= 0.3 is 6.03 Å². The molecule has 1 fully saturated rings. The van der Waals surface area contributed by atoms with Gasteiger partial charge in [-0.2, -0.15) is 5.26 Å². The van der Waals surface area contributed by atoms with Gasteiger partial charge in [-0.3, -0.25) is 0 Å². The molecule has 5 nitrogen and oxygen atoms in total. The molecule has 2 rings (SSSR count). The van der Waals surface area contributed by atoms with Gasteiger partial charge in [0.2, 0.25) is 0 Å². The number of hydrogen-bond donors (Lipinski definition) is 1. The first-order chi connectivity index (χ1) is 9.74. The lowest BCUT2D eigenvalue weighted by Crippen LogP contribution is -2.46. The number of nitriles is 1. The summed E-state index contributed by atoms with van der Waals surface area (Å²) in [5, 5.41) is 11.8. The van der Waals surface area contributed by atoms with Crippen molar-refractivity contribution < 1.29 is 11.0 Å². The van der Waals surface area contributed by atoms with Crippen LogP contribution in [0.15, 0.2) is 24.3 Å². The second-order valence-electron chi connectivity index (χ2n) is 4.75. The number of piperidine rings is 1. The van der Waals surface area contributed by atoms with Crippen molar-refractivity contribution in [3.05, 3.63) is 29.8 Å². The summed E-state index contributed by atoms with van der Waals surface area (Å²) in [5.41, 5.74) is 0.554. The number of rotatable bonds is 3. The van der Waals surface area contributed by atoms with Crippen LogP contribution >= 0.6 is 0 Å². The molecule has 1 saturated heterocycles. The lowest BCUT2D eigenvalue weighted by molar-refractivity contribution is 0.111. The zero-order valence-corrected chi connectivity index (χ0v) is 11.6. The first-order valence-corrected chi connectivity index (χ1v) is 6.93. The normalized spacial score (nSPS) is 15.5. The molecular weight excluding hydrogens is 254 g/mol. The maximum atomic E-state index is 11.7. The molecule has 1 aliphatic rings. The van der Waals surface area contributed by atoms with Crippen molar-refractivity contribution in [2.75, 3.05) is 19.6 Å². The van der Waals surface area contributed by atoms with Crippen LogP contribution in [-0.2, 0) is 0 Å². The maximum absolute atomic E-state index is 11.7. The van der Waals surface area contributed by atoms with Crippen molar-refractivity contribution in [1.29, 1.82) is 5.26 Å². The number of benzene rings is 1. The Labute approximate surface area is 120 Å². The van der Waals surface area contributed by atoms with Crippen molar-refractivity contribution in [2.45, 2.75) is 25.9 Å². The number of para-hydroxylation sites is 1.